The number of hydrogen-bond donors (Lipinski definition) is 2. The summed E-state index contributed by atoms with van der Waals surface area (Å²) in [4.78, 5) is 24.4. The summed E-state index contributed by atoms with van der Waals surface area (Å²) in [5, 5.41) is 8.88. The van der Waals surface area contributed by atoms with Crippen LogP contribution in [0.4, 0.5) is 5.69 Å². The predicted molar refractivity (Wildman–Crippen MR) is 94.6 cm³/mol. The van der Waals surface area contributed by atoms with Gasteiger partial charge in [-0.1, -0.05) is 0 Å². The Morgan fingerprint density at radius 2 is 2.08 bits per heavy atom. The van der Waals surface area contributed by atoms with Gasteiger partial charge >= 0.3 is 0 Å². The first-order valence-electron chi connectivity index (χ1n) is 7.54. The highest BCUT2D eigenvalue weighted by Crippen LogP contribution is 2.29. The van der Waals surface area contributed by atoms with Crippen molar-refractivity contribution in [3.63, 3.8) is 0 Å². The van der Waals surface area contributed by atoms with Gasteiger partial charge in [-0.15, -0.1) is 11.3 Å². The summed E-state index contributed by atoms with van der Waals surface area (Å²) in [6.07, 6.45) is 0. The first-order valence-corrected chi connectivity index (χ1v) is 8.42. The molecular weight excluding hydrogens is 326 g/mol. The lowest BCUT2D eigenvalue weighted by atomic mass is 10.2. The van der Waals surface area contributed by atoms with Crippen LogP contribution in [0.25, 0.3) is 10.2 Å². The molecule has 0 aliphatic carbocycles. The van der Waals surface area contributed by atoms with E-state index in [1.807, 2.05) is 35.9 Å². The number of nitrogens with zero attached hydrogens (tertiary/aromatic N) is 3. The number of primary amides is 1. The van der Waals surface area contributed by atoms with Crippen LogP contribution >= 0.6 is 11.3 Å². The molecule has 8 heteroatoms. The molecule has 0 aliphatic rings. The van der Waals surface area contributed by atoms with E-state index in [9.17, 15) is 9.59 Å². The number of rotatable bonds is 4. The van der Waals surface area contributed by atoms with Crippen molar-refractivity contribution in [2.45, 2.75) is 26.8 Å². The van der Waals surface area contributed by atoms with Crippen LogP contribution in [0.1, 0.15) is 46.6 Å². The number of amides is 2. The highest BCUT2D eigenvalue weighted by atomic mass is 32.1. The Morgan fingerprint density at radius 1 is 1.38 bits per heavy atom. The molecule has 0 bridgehead atoms. The fourth-order valence-electron chi connectivity index (χ4n) is 2.78. The number of nitrogens with one attached hydrogen (secondary N) is 1. The summed E-state index contributed by atoms with van der Waals surface area (Å²) in [6, 6.07) is 4.00. The van der Waals surface area contributed by atoms with Crippen molar-refractivity contribution in [1.29, 1.82) is 0 Å². The molecule has 126 valence electrons. The molecule has 0 unspecified atom stereocenters. The van der Waals surface area contributed by atoms with Crippen molar-refractivity contribution in [3.05, 3.63) is 34.6 Å². The topological polar surface area (TPSA) is 94.9 Å². The number of aryl methyl sites for hydroxylation is 1. The van der Waals surface area contributed by atoms with Crippen molar-refractivity contribution >= 4 is 39.1 Å². The Balaban J connectivity index is 2.04. The molecule has 0 spiro atoms. The molecule has 2 amide bonds. The van der Waals surface area contributed by atoms with Gasteiger partial charge < -0.3 is 15.6 Å². The number of fused-ring (bicyclic) bond motifs is 1. The first-order chi connectivity index (χ1) is 11.3. The quantitative estimate of drug-likeness (QED) is 0.761. The third-order valence-electron chi connectivity index (χ3n) is 4.02. The van der Waals surface area contributed by atoms with Crippen LogP contribution in [0.2, 0.25) is 0 Å². The molecule has 0 saturated heterocycles. The van der Waals surface area contributed by atoms with Crippen LogP contribution in [0.5, 0.6) is 0 Å². The second-order valence-corrected chi connectivity index (χ2v) is 6.86. The predicted octanol–water partition coefficient (Wildman–Crippen LogP) is 2.68. The van der Waals surface area contributed by atoms with E-state index in [4.69, 9.17) is 5.73 Å². The Kier molecular flexibility index (Phi) is 3.92. The molecule has 3 aromatic heterocycles. The van der Waals surface area contributed by atoms with Gasteiger partial charge in [0, 0.05) is 13.1 Å². The van der Waals surface area contributed by atoms with Gasteiger partial charge in [-0.2, -0.15) is 5.10 Å². The highest BCUT2D eigenvalue weighted by molar-refractivity contribution is 7.17. The maximum absolute atomic E-state index is 12.8. The molecular formula is C16H19N5O2S. The van der Waals surface area contributed by atoms with Gasteiger partial charge in [0.1, 0.15) is 5.69 Å². The molecule has 24 heavy (non-hydrogen) atoms. The minimum absolute atomic E-state index is 0.0628. The second kappa shape index (κ2) is 5.79. The molecule has 3 rings (SSSR count). The second-order valence-electron chi connectivity index (χ2n) is 5.91. The van der Waals surface area contributed by atoms with Crippen LogP contribution in [0.3, 0.4) is 0 Å². The average molecular weight is 345 g/mol. The Morgan fingerprint density at radius 3 is 2.71 bits per heavy atom. The van der Waals surface area contributed by atoms with E-state index in [1.54, 1.807) is 25.3 Å². The van der Waals surface area contributed by atoms with Crippen molar-refractivity contribution in [2.75, 3.05) is 5.32 Å². The number of carbonyl (C=O) groups excluding carboxylic acids is 2. The smallest absolute Gasteiger partial charge is 0.272 e. The third-order valence-corrected chi connectivity index (χ3v) is 4.87. The lowest BCUT2D eigenvalue weighted by Crippen LogP contribution is -2.21. The van der Waals surface area contributed by atoms with E-state index < -0.39 is 5.91 Å². The zero-order valence-corrected chi connectivity index (χ0v) is 14.8. The number of aromatic nitrogens is 3. The molecule has 3 aromatic rings. The standard InChI is InChI=1S/C16H19N5O2S/c1-8(2)21-10-5-6-24-12(10)7-11(21)16(23)18-13-9(3)20(4)19-14(13)15(17)22/h5-8H,1-4H3,(H2,17,22)(H,18,23). The molecule has 0 atom stereocenters. The van der Waals surface area contributed by atoms with E-state index >= 15 is 0 Å². The third kappa shape index (κ3) is 2.48. The van der Waals surface area contributed by atoms with Crippen LogP contribution < -0.4 is 11.1 Å². The lowest BCUT2D eigenvalue weighted by Gasteiger charge is -2.14. The zero-order chi connectivity index (χ0) is 17.6. The molecule has 0 saturated carbocycles. The number of carbonyl (C=O) groups is 2. The van der Waals surface area contributed by atoms with Gasteiger partial charge in [-0.05, 0) is 38.3 Å². The first kappa shape index (κ1) is 16.3. The normalized spacial score (nSPS) is 11.4. The number of thiophene rings is 1. The van der Waals surface area contributed by atoms with Crippen LogP contribution in [0, 0.1) is 6.92 Å². The molecule has 0 fully saturated rings. The lowest BCUT2D eigenvalue weighted by molar-refractivity contribution is 0.0995. The van der Waals surface area contributed by atoms with Gasteiger partial charge in [0.2, 0.25) is 0 Å². The van der Waals surface area contributed by atoms with E-state index in [0.29, 0.717) is 17.1 Å². The van der Waals surface area contributed by atoms with Gasteiger partial charge in [0.15, 0.2) is 5.69 Å². The van der Waals surface area contributed by atoms with Crippen molar-refractivity contribution in [3.8, 4) is 0 Å². The van der Waals surface area contributed by atoms with Gasteiger partial charge in [-0.3, -0.25) is 14.3 Å². The van der Waals surface area contributed by atoms with Crippen LogP contribution in [-0.4, -0.2) is 26.2 Å². The summed E-state index contributed by atoms with van der Waals surface area (Å²) < 4.78 is 4.55. The molecule has 7 nitrogen and oxygen atoms in total. The summed E-state index contributed by atoms with van der Waals surface area (Å²) in [5.41, 5.74) is 8.02. The van der Waals surface area contributed by atoms with E-state index in [1.165, 1.54) is 4.68 Å². The largest absolute Gasteiger partial charge is 0.364 e. The van der Waals surface area contributed by atoms with Crippen LogP contribution in [0.15, 0.2) is 17.5 Å². The average Bonchev–Trinajstić information content (AvgIpc) is 3.15. The Bertz CT molecular complexity index is 947. The summed E-state index contributed by atoms with van der Waals surface area (Å²) >= 11 is 1.59. The molecule has 3 heterocycles. The van der Waals surface area contributed by atoms with E-state index in [0.717, 1.165) is 10.2 Å². The minimum atomic E-state index is -0.672. The minimum Gasteiger partial charge on any atom is -0.364 e. The Hall–Kier alpha value is -2.61. The van der Waals surface area contributed by atoms with E-state index in [-0.39, 0.29) is 17.6 Å². The van der Waals surface area contributed by atoms with E-state index in [2.05, 4.69) is 10.4 Å². The zero-order valence-electron chi connectivity index (χ0n) is 14.0. The molecule has 3 N–H and O–H groups in total. The maximum atomic E-state index is 12.8. The SMILES string of the molecule is Cc1c(NC(=O)c2cc3sccc3n2C(C)C)c(C(N)=O)nn1C. The summed E-state index contributed by atoms with van der Waals surface area (Å²) in [5.74, 6) is -0.958. The molecule has 0 aromatic carbocycles. The fraction of sp³-hybridized carbons (Fsp3) is 0.312. The van der Waals surface area contributed by atoms with Crippen molar-refractivity contribution in [2.24, 2.45) is 12.8 Å². The summed E-state index contributed by atoms with van der Waals surface area (Å²) in [7, 11) is 1.70. The number of nitrogens with two attached hydrogens (primary N) is 1. The van der Waals surface area contributed by atoms with Crippen molar-refractivity contribution < 1.29 is 9.59 Å². The maximum Gasteiger partial charge on any atom is 0.272 e. The monoisotopic (exact) mass is 345 g/mol. The number of anilines is 1. The molecule has 0 radical (unpaired) electrons. The molecule has 0 aliphatic heterocycles. The number of hydrogen-bond acceptors (Lipinski definition) is 4. The highest BCUT2D eigenvalue weighted by Gasteiger charge is 2.23. The Labute approximate surface area is 143 Å². The van der Waals surface area contributed by atoms with Gasteiger partial charge in [-0.25, -0.2) is 0 Å². The van der Waals surface area contributed by atoms with Crippen molar-refractivity contribution in [1.82, 2.24) is 14.3 Å². The van der Waals surface area contributed by atoms with Crippen LogP contribution in [-0.2, 0) is 7.05 Å². The van der Waals surface area contributed by atoms with Gasteiger partial charge in [0.25, 0.3) is 11.8 Å². The summed E-state index contributed by atoms with van der Waals surface area (Å²) in [6.45, 7) is 5.82. The fourth-order valence-corrected chi connectivity index (χ4v) is 3.59. The van der Waals surface area contributed by atoms with Gasteiger partial charge in [0.05, 0.1) is 21.6 Å².